The third-order valence-corrected chi connectivity index (χ3v) is 12.6. The number of hydrogen-bond acceptors (Lipinski definition) is 8. The summed E-state index contributed by atoms with van der Waals surface area (Å²) in [5.74, 6) is 0. The smallest absolute Gasteiger partial charge is 0.126 e. The third-order valence-electron chi connectivity index (χ3n) is 12.6. The van der Waals surface area contributed by atoms with Crippen LogP contribution in [-0.4, -0.2) is 215 Å². The van der Waals surface area contributed by atoms with Crippen molar-refractivity contribution in [1.29, 1.82) is 0 Å². The number of hydrogen-bond donors (Lipinski definition) is 4. The van der Waals surface area contributed by atoms with Crippen LogP contribution in [0, 0.1) is 6.54 Å². The minimum absolute atomic E-state index is 0.129. The highest BCUT2D eigenvalue weighted by Gasteiger charge is 2.34. The van der Waals surface area contributed by atoms with Crippen LogP contribution >= 0.6 is 0 Å². The van der Waals surface area contributed by atoms with Gasteiger partial charge in [-0.2, -0.15) is 0 Å². The van der Waals surface area contributed by atoms with Crippen molar-refractivity contribution < 1.29 is 57.3 Å². The number of aliphatic hydroxyl groups is 4. The Labute approximate surface area is 316 Å². The van der Waals surface area contributed by atoms with E-state index in [-0.39, 0.29) is 39.6 Å². The van der Waals surface area contributed by atoms with E-state index in [2.05, 4.69) is 34.7 Å². The molecule has 306 valence electrons. The Balaban J connectivity index is 1.40. The summed E-state index contributed by atoms with van der Waals surface area (Å²) >= 11 is 0. The average Bonchev–Trinajstić information content (AvgIpc) is 3.08. The molecule has 0 bridgehead atoms. The summed E-state index contributed by atoms with van der Waals surface area (Å²) < 4.78 is 28.6. The highest BCUT2D eigenvalue weighted by molar-refractivity contribution is 4.75. The second kappa shape index (κ2) is 21.7. The Hall–Kier alpha value is -0.480. The minimum Gasteiger partial charge on any atom is -0.455 e. The van der Waals surface area contributed by atoms with Gasteiger partial charge in [0.15, 0.2) is 0 Å². The molecule has 52 heavy (non-hydrogen) atoms. The lowest BCUT2D eigenvalue weighted by atomic mass is 10.1. The molecule has 0 aromatic rings. The molecule has 4 saturated heterocycles. The van der Waals surface area contributed by atoms with E-state index in [1.807, 2.05) is 0 Å². The van der Waals surface area contributed by atoms with Crippen LogP contribution in [0.3, 0.4) is 0 Å². The summed E-state index contributed by atoms with van der Waals surface area (Å²) in [6, 6.07) is 0. The summed E-state index contributed by atoms with van der Waals surface area (Å²) in [6.07, 6.45) is 10.5. The lowest BCUT2D eigenvalue weighted by Crippen LogP contribution is -2.54. The van der Waals surface area contributed by atoms with Gasteiger partial charge in [-0.05, 0) is 64.2 Å². The zero-order valence-electron chi connectivity index (χ0n) is 33.8. The van der Waals surface area contributed by atoms with Gasteiger partial charge in [-0.3, -0.25) is 0 Å². The number of quaternary nitrogens is 4. The Morgan fingerprint density at radius 3 is 1.13 bits per heavy atom. The second-order valence-corrected chi connectivity index (χ2v) is 18.4. The SMILES string of the molecule is C[N+]1(CC(O)COCC(OCC(O)C[N+]2(C)CCCCC2)C(COCC(O)C[N+]2(C)CCCCC2)OCC(O)C[N+]2(C)CCCCC2)[CH-]CCCC1. The molecule has 4 fully saturated rings. The Kier molecular flexibility index (Phi) is 18.5. The molecule has 12 nitrogen and oxygen atoms in total. The van der Waals surface area contributed by atoms with Crippen molar-refractivity contribution in [2.45, 2.75) is 114 Å². The maximum Gasteiger partial charge on any atom is 0.126 e. The number of likely N-dealkylation sites (tertiary alicyclic amines) is 4. The van der Waals surface area contributed by atoms with Crippen molar-refractivity contribution in [3.63, 3.8) is 0 Å². The molecule has 0 aromatic heterocycles. The first kappa shape index (κ1) is 44.2. The van der Waals surface area contributed by atoms with Gasteiger partial charge in [-0.1, -0.05) is 6.42 Å². The van der Waals surface area contributed by atoms with Crippen LogP contribution in [0.2, 0.25) is 0 Å². The summed E-state index contributed by atoms with van der Waals surface area (Å²) in [4.78, 5) is 0. The van der Waals surface area contributed by atoms with E-state index in [0.717, 1.165) is 76.6 Å². The van der Waals surface area contributed by atoms with E-state index in [1.165, 1.54) is 64.2 Å². The normalized spacial score (nSPS) is 28.4. The van der Waals surface area contributed by atoms with Gasteiger partial charge in [-0.15, -0.1) is 13.0 Å². The van der Waals surface area contributed by atoms with Crippen LogP contribution in [0.25, 0.3) is 0 Å². The molecule has 0 saturated carbocycles. The minimum atomic E-state index is -0.651. The van der Waals surface area contributed by atoms with Gasteiger partial charge >= 0.3 is 0 Å². The maximum absolute atomic E-state index is 11.2. The van der Waals surface area contributed by atoms with E-state index in [4.69, 9.17) is 18.9 Å². The van der Waals surface area contributed by atoms with Gasteiger partial charge in [0, 0.05) is 7.05 Å². The zero-order valence-corrected chi connectivity index (χ0v) is 33.8. The Bertz CT molecular complexity index is 893. The van der Waals surface area contributed by atoms with Crippen molar-refractivity contribution in [2.24, 2.45) is 0 Å². The van der Waals surface area contributed by atoms with Crippen LogP contribution in [0.4, 0.5) is 0 Å². The molecule has 4 aliphatic heterocycles. The summed E-state index contributed by atoms with van der Waals surface area (Å²) in [6.45, 7) is 13.1. The van der Waals surface area contributed by atoms with Crippen LogP contribution in [0.5, 0.6) is 0 Å². The number of rotatable bonds is 23. The van der Waals surface area contributed by atoms with Crippen LogP contribution in [-0.2, 0) is 18.9 Å². The fourth-order valence-electron chi connectivity index (χ4n) is 9.51. The maximum atomic E-state index is 11.2. The fourth-order valence-corrected chi connectivity index (χ4v) is 9.51. The third kappa shape index (κ3) is 15.9. The van der Waals surface area contributed by atoms with E-state index < -0.39 is 36.6 Å². The average molecular weight is 746 g/mol. The monoisotopic (exact) mass is 746 g/mol. The van der Waals surface area contributed by atoms with E-state index in [9.17, 15) is 20.4 Å². The zero-order chi connectivity index (χ0) is 37.5. The molecule has 0 aliphatic carbocycles. The van der Waals surface area contributed by atoms with Gasteiger partial charge in [0.2, 0.25) is 0 Å². The molecule has 4 aliphatic rings. The largest absolute Gasteiger partial charge is 0.455 e. The first-order chi connectivity index (χ1) is 24.8. The van der Waals surface area contributed by atoms with Crippen LogP contribution in [0.1, 0.15) is 77.0 Å². The number of piperidine rings is 4. The fraction of sp³-hybridized carbons (Fsp3) is 0.975. The molecule has 7 unspecified atom stereocenters. The van der Waals surface area contributed by atoms with Gasteiger partial charge in [0.05, 0.1) is 113 Å². The van der Waals surface area contributed by atoms with Gasteiger partial charge in [0.25, 0.3) is 0 Å². The van der Waals surface area contributed by atoms with Gasteiger partial charge in [-0.25, -0.2) is 0 Å². The van der Waals surface area contributed by atoms with Crippen LogP contribution in [0.15, 0.2) is 0 Å². The van der Waals surface area contributed by atoms with Crippen molar-refractivity contribution >= 4 is 0 Å². The van der Waals surface area contributed by atoms with Crippen molar-refractivity contribution in [2.75, 3.05) is 140 Å². The molecule has 0 spiro atoms. The molecule has 4 heterocycles. The number of aliphatic hydroxyl groups excluding tert-OH is 4. The quantitative estimate of drug-likeness (QED) is 0.0927. The van der Waals surface area contributed by atoms with Gasteiger partial charge < -0.3 is 57.3 Å². The van der Waals surface area contributed by atoms with Crippen molar-refractivity contribution in [1.82, 2.24) is 0 Å². The molecule has 0 radical (unpaired) electrons. The molecular weight excluding hydrogens is 664 g/mol. The highest BCUT2D eigenvalue weighted by Crippen LogP contribution is 2.22. The molecule has 7 atom stereocenters. The van der Waals surface area contributed by atoms with Crippen molar-refractivity contribution in [3.05, 3.63) is 6.54 Å². The van der Waals surface area contributed by atoms with E-state index in [1.54, 1.807) is 0 Å². The standard InChI is InChI=1S/C40H81N4O8/c1-41(17-9-5-10-18-41)25-35(45)29-49-33-39(51-31-37(47)27-43(3)21-13-7-14-22-43)40(52-32-38(48)28-44(4)23-15-8-16-24-44)34-50-30-36(46)26-42(2)19-11-6-12-20-42/h17,35-40,45-48H,5-16,18-34H2,1-4H3/q+3. The molecule has 4 N–H and O–H groups in total. The lowest BCUT2D eigenvalue weighted by molar-refractivity contribution is -0.917. The van der Waals surface area contributed by atoms with Crippen molar-refractivity contribution in [3.8, 4) is 0 Å². The number of ether oxygens (including phenoxy) is 4. The number of likely N-dealkylation sites (N-methyl/N-ethyl adjacent to an activating group) is 4. The summed E-state index contributed by atoms with van der Waals surface area (Å²) in [7, 11) is 8.83. The molecule has 12 heteroatoms. The first-order valence-electron chi connectivity index (χ1n) is 21.1. The molecule has 0 amide bonds. The summed E-state index contributed by atoms with van der Waals surface area (Å²) in [5, 5.41) is 44.4. The second-order valence-electron chi connectivity index (χ2n) is 18.4. The Morgan fingerprint density at radius 2 is 0.769 bits per heavy atom. The molecule has 4 rings (SSSR count). The Morgan fingerprint density at radius 1 is 0.423 bits per heavy atom. The summed E-state index contributed by atoms with van der Waals surface area (Å²) in [5.41, 5.74) is 0. The predicted octanol–water partition coefficient (Wildman–Crippen LogP) is 1.92. The molecule has 0 aromatic carbocycles. The predicted molar refractivity (Wildman–Crippen MR) is 203 cm³/mol. The number of nitrogens with zero attached hydrogens (tertiary/aromatic N) is 4. The first-order valence-corrected chi connectivity index (χ1v) is 21.1. The molecular formula is C40H81N4O8+3. The topological polar surface area (TPSA) is 118 Å². The highest BCUT2D eigenvalue weighted by atomic mass is 16.6. The van der Waals surface area contributed by atoms with Crippen LogP contribution < -0.4 is 0 Å². The van der Waals surface area contributed by atoms with E-state index in [0.29, 0.717) is 26.2 Å². The van der Waals surface area contributed by atoms with Gasteiger partial charge in [0.1, 0.15) is 56.3 Å². The van der Waals surface area contributed by atoms with E-state index >= 15 is 0 Å². The lowest BCUT2D eigenvalue weighted by Gasteiger charge is -2.48.